The average Bonchev–Trinajstić information content (AvgIpc) is 2.15. The van der Waals surface area contributed by atoms with E-state index in [0.717, 1.165) is 6.54 Å². The number of hydrogen-bond donors (Lipinski definition) is 1. The van der Waals surface area contributed by atoms with Crippen LogP contribution >= 0.6 is 0 Å². The van der Waals surface area contributed by atoms with Gasteiger partial charge in [-0.25, -0.2) is 4.21 Å². The van der Waals surface area contributed by atoms with Gasteiger partial charge in [-0.3, -0.25) is 5.41 Å². The zero-order chi connectivity index (χ0) is 6.85. The minimum Gasteiger partial charge on any atom is -0.325 e. The van der Waals surface area contributed by atoms with E-state index in [1.807, 2.05) is 6.92 Å². The maximum Gasteiger partial charge on any atom is 0.195 e. The summed E-state index contributed by atoms with van der Waals surface area (Å²) in [5.74, 6) is 0. The summed E-state index contributed by atoms with van der Waals surface area (Å²) in [5.41, 5.74) is 0. The summed E-state index contributed by atoms with van der Waals surface area (Å²) in [4.78, 5) is 1.65. The Labute approximate surface area is 56.3 Å². The standard InChI is InChI=1S/C5H8N2OS/c1-2-7-3-4-9(8)5(7)6/h3-4,6H,2H2,1H3. The molecular weight excluding hydrogens is 136 g/mol. The van der Waals surface area contributed by atoms with Crippen molar-refractivity contribution in [2.45, 2.75) is 6.92 Å². The third-order valence-electron chi connectivity index (χ3n) is 1.16. The first-order valence-electron chi connectivity index (χ1n) is 2.69. The molecular formula is C5H8N2OS. The second kappa shape index (κ2) is 2.31. The van der Waals surface area contributed by atoms with Crippen LogP contribution in [0.1, 0.15) is 6.92 Å². The van der Waals surface area contributed by atoms with Crippen LogP contribution in [0.2, 0.25) is 0 Å². The first-order valence-corrected chi connectivity index (χ1v) is 3.91. The molecule has 0 amide bonds. The second-order valence-electron chi connectivity index (χ2n) is 1.67. The third-order valence-corrected chi connectivity index (χ3v) is 2.14. The number of amidine groups is 1. The summed E-state index contributed by atoms with van der Waals surface area (Å²) in [6, 6.07) is 0. The minimum atomic E-state index is -1.17. The normalized spacial score (nSPS) is 25.7. The van der Waals surface area contributed by atoms with E-state index in [2.05, 4.69) is 0 Å². The Morgan fingerprint density at radius 2 is 2.56 bits per heavy atom. The van der Waals surface area contributed by atoms with Gasteiger partial charge in [0, 0.05) is 18.2 Å². The number of hydrogen-bond acceptors (Lipinski definition) is 2. The Bertz CT molecular complexity index is 187. The van der Waals surface area contributed by atoms with Gasteiger partial charge in [0.1, 0.15) is 10.8 Å². The Kier molecular flexibility index (Phi) is 1.66. The fourth-order valence-corrected chi connectivity index (χ4v) is 1.43. The first kappa shape index (κ1) is 6.48. The van der Waals surface area contributed by atoms with Gasteiger partial charge in [-0.1, -0.05) is 0 Å². The SMILES string of the molecule is CCN1C=CS(=O)C1=N. The molecule has 0 saturated heterocycles. The molecule has 1 atom stereocenters. The third kappa shape index (κ3) is 1.03. The Hall–Kier alpha value is -0.640. The highest BCUT2D eigenvalue weighted by atomic mass is 32.2. The van der Waals surface area contributed by atoms with Crippen LogP contribution in [0.25, 0.3) is 0 Å². The maximum atomic E-state index is 10.7. The van der Waals surface area contributed by atoms with Gasteiger partial charge in [0.25, 0.3) is 0 Å². The van der Waals surface area contributed by atoms with E-state index in [-0.39, 0.29) is 5.17 Å². The number of rotatable bonds is 1. The van der Waals surface area contributed by atoms with Gasteiger partial charge >= 0.3 is 0 Å². The van der Waals surface area contributed by atoms with E-state index in [1.165, 1.54) is 5.41 Å². The first-order chi connectivity index (χ1) is 4.25. The highest BCUT2D eigenvalue weighted by Gasteiger charge is 2.15. The fourth-order valence-electron chi connectivity index (χ4n) is 0.625. The van der Waals surface area contributed by atoms with E-state index < -0.39 is 10.8 Å². The summed E-state index contributed by atoms with van der Waals surface area (Å²) in [5, 5.41) is 8.89. The van der Waals surface area contributed by atoms with Crippen LogP contribution in [0.15, 0.2) is 11.6 Å². The molecule has 3 nitrogen and oxygen atoms in total. The van der Waals surface area contributed by atoms with Crippen molar-refractivity contribution in [1.82, 2.24) is 4.90 Å². The zero-order valence-electron chi connectivity index (χ0n) is 5.13. The van der Waals surface area contributed by atoms with Crippen molar-refractivity contribution in [3.63, 3.8) is 0 Å². The van der Waals surface area contributed by atoms with Crippen molar-refractivity contribution in [3.8, 4) is 0 Å². The monoisotopic (exact) mass is 144 g/mol. The minimum absolute atomic E-state index is 0.192. The van der Waals surface area contributed by atoms with Crippen LogP contribution in [0.4, 0.5) is 0 Å². The molecule has 4 heteroatoms. The molecule has 9 heavy (non-hydrogen) atoms. The fraction of sp³-hybridized carbons (Fsp3) is 0.400. The molecule has 0 spiro atoms. The van der Waals surface area contributed by atoms with Crippen LogP contribution in [0.3, 0.4) is 0 Å². The molecule has 0 bridgehead atoms. The largest absolute Gasteiger partial charge is 0.325 e. The van der Waals surface area contributed by atoms with Crippen molar-refractivity contribution < 1.29 is 4.21 Å². The molecule has 0 aromatic rings. The Balaban J connectivity index is 2.73. The summed E-state index contributed by atoms with van der Waals surface area (Å²) in [6.07, 6.45) is 1.68. The number of nitrogens with one attached hydrogen (secondary N) is 1. The van der Waals surface area contributed by atoms with E-state index in [9.17, 15) is 4.21 Å². The van der Waals surface area contributed by atoms with Crippen LogP contribution in [0, 0.1) is 5.41 Å². The topological polar surface area (TPSA) is 44.2 Å². The molecule has 1 aliphatic rings. The van der Waals surface area contributed by atoms with Crippen LogP contribution in [0.5, 0.6) is 0 Å². The van der Waals surface area contributed by atoms with Gasteiger partial charge in [-0.2, -0.15) is 0 Å². The van der Waals surface area contributed by atoms with Gasteiger partial charge in [0.15, 0.2) is 5.17 Å². The average molecular weight is 144 g/mol. The quantitative estimate of drug-likeness (QED) is 0.581. The van der Waals surface area contributed by atoms with Crippen molar-refractivity contribution >= 4 is 16.0 Å². The molecule has 1 N–H and O–H groups in total. The van der Waals surface area contributed by atoms with Crippen molar-refractivity contribution in [2.75, 3.05) is 6.54 Å². The summed E-state index contributed by atoms with van der Waals surface area (Å²) >= 11 is 0. The van der Waals surface area contributed by atoms with Gasteiger partial charge < -0.3 is 4.90 Å². The van der Waals surface area contributed by atoms with Crippen molar-refractivity contribution in [3.05, 3.63) is 11.6 Å². The van der Waals surface area contributed by atoms with E-state index in [0.29, 0.717) is 0 Å². The predicted octanol–water partition coefficient (Wildman–Crippen LogP) is 0.477. The summed E-state index contributed by atoms with van der Waals surface area (Å²) in [6.45, 7) is 2.64. The lowest BCUT2D eigenvalue weighted by Crippen LogP contribution is -2.21. The molecule has 1 heterocycles. The molecule has 1 rings (SSSR count). The van der Waals surface area contributed by atoms with Crippen molar-refractivity contribution in [2.24, 2.45) is 0 Å². The summed E-state index contributed by atoms with van der Waals surface area (Å²) in [7, 11) is -1.17. The lowest BCUT2D eigenvalue weighted by molar-refractivity contribution is 0.601. The van der Waals surface area contributed by atoms with Gasteiger partial charge in [0.2, 0.25) is 0 Å². The van der Waals surface area contributed by atoms with Crippen LogP contribution in [-0.4, -0.2) is 20.8 Å². The van der Waals surface area contributed by atoms with Crippen LogP contribution in [-0.2, 0) is 10.8 Å². The zero-order valence-corrected chi connectivity index (χ0v) is 5.94. The van der Waals surface area contributed by atoms with Crippen LogP contribution < -0.4 is 0 Å². The highest BCUT2D eigenvalue weighted by molar-refractivity contribution is 8.03. The molecule has 1 aliphatic heterocycles. The van der Waals surface area contributed by atoms with E-state index in [1.54, 1.807) is 11.1 Å². The molecule has 0 radical (unpaired) electrons. The van der Waals surface area contributed by atoms with Gasteiger partial charge in [-0.05, 0) is 6.92 Å². The second-order valence-corrected chi connectivity index (χ2v) is 2.93. The molecule has 1 unspecified atom stereocenters. The molecule has 0 aromatic carbocycles. The van der Waals surface area contributed by atoms with Crippen molar-refractivity contribution in [1.29, 1.82) is 5.41 Å². The lowest BCUT2D eigenvalue weighted by atomic mass is 10.6. The molecule has 0 fully saturated rings. The molecule has 0 aromatic heterocycles. The van der Waals surface area contributed by atoms with Gasteiger partial charge in [0.05, 0.1) is 0 Å². The molecule has 0 saturated carbocycles. The number of nitrogens with zero attached hydrogens (tertiary/aromatic N) is 1. The smallest absolute Gasteiger partial charge is 0.195 e. The highest BCUT2D eigenvalue weighted by Crippen LogP contribution is 2.05. The Morgan fingerprint density at radius 1 is 1.89 bits per heavy atom. The van der Waals surface area contributed by atoms with E-state index >= 15 is 0 Å². The predicted molar refractivity (Wildman–Crippen MR) is 37.4 cm³/mol. The maximum absolute atomic E-state index is 10.7. The Morgan fingerprint density at radius 3 is 2.78 bits per heavy atom. The lowest BCUT2D eigenvalue weighted by Gasteiger charge is -2.09. The molecule has 50 valence electrons. The van der Waals surface area contributed by atoms with E-state index in [4.69, 9.17) is 5.41 Å². The summed E-state index contributed by atoms with van der Waals surface area (Å²) < 4.78 is 10.7. The van der Waals surface area contributed by atoms with Gasteiger partial charge in [-0.15, -0.1) is 0 Å². The molecule has 0 aliphatic carbocycles.